The van der Waals surface area contributed by atoms with Crippen LogP contribution in [0.3, 0.4) is 0 Å². The molecule has 1 N–H and O–H groups in total. The number of fused-ring (bicyclic) bond motifs is 1. The molecule has 0 aromatic heterocycles. The number of carbonyl (C=O) groups excluding carboxylic acids is 2. The lowest BCUT2D eigenvalue weighted by Gasteiger charge is -2.43. The fraction of sp³-hybridized carbons (Fsp3) is 0.200. The molecular formula is C35H33Cl2N3O5. The molecule has 0 fully saturated rings. The Labute approximate surface area is 272 Å². The number of carbonyl (C=O) groups is 2. The summed E-state index contributed by atoms with van der Waals surface area (Å²) < 4.78 is 16.3. The number of amides is 3. The number of hydrogen-bond donors (Lipinski definition) is 1. The van der Waals surface area contributed by atoms with Crippen molar-refractivity contribution < 1.29 is 23.8 Å². The number of nitrogens with zero attached hydrogens (tertiary/aromatic N) is 2. The van der Waals surface area contributed by atoms with Crippen molar-refractivity contribution in [2.45, 2.75) is 25.4 Å². The number of hydrogen-bond acceptors (Lipinski definition) is 5. The van der Waals surface area contributed by atoms with E-state index in [1.165, 1.54) is 13.2 Å². The minimum absolute atomic E-state index is 0.200. The Balaban J connectivity index is 1.48. The quantitative estimate of drug-likeness (QED) is 0.194. The molecular weight excluding hydrogens is 613 g/mol. The summed E-state index contributed by atoms with van der Waals surface area (Å²) in [6.07, 6.45) is 3.74. The normalized spacial score (nSPS) is 15.7. The molecule has 232 valence electrons. The van der Waals surface area contributed by atoms with Crippen LogP contribution in [0.1, 0.15) is 30.5 Å². The summed E-state index contributed by atoms with van der Waals surface area (Å²) in [5, 5.41) is 3.71. The Morgan fingerprint density at radius 3 is 2.18 bits per heavy atom. The summed E-state index contributed by atoms with van der Waals surface area (Å²) >= 11 is 12.3. The fourth-order valence-corrected chi connectivity index (χ4v) is 5.89. The minimum atomic E-state index is -0.371. The van der Waals surface area contributed by atoms with Crippen LogP contribution in [-0.2, 0) is 4.79 Å². The van der Waals surface area contributed by atoms with E-state index in [4.69, 9.17) is 37.4 Å². The van der Waals surface area contributed by atoms with Crippen molar-refractivity contribution >= 4 is 58.3 Å². The van der Waals surface area contributed by atoms with Gasteiger partial charge in [0.2, 0.25) is 5.75 Å². The highest BCUT2D eigenvalue weighted by atomic mass is 35.5. The zero-order valence-electron chi connectivity index (χ0n) is 25.3. The van der Waals surface area contributed by atoms with Crippen molar-refractivity contribution in [1.29, 1.82) is 0 Å². The van der Waals surface area contributed by atoms with Crippen LogP contribution in [0, 0.1) is 0 Å². The van der Waals surface area contributed by atoms with Gasteiger partial charge in [0.25, 0.3) is 5.91 Å². The van der Waals surface area contributed by atoms with E-state index in [1.807, 2.05) is 61.5 Å². The molecule has 2 unspecified atom stereocenters. The first-order chi connectivity index (χ1) is 21.7. The number of benzene rings is 4. The van der Waals surface area contributed by atoms with Gasteiger partial charge in [0.15, 0.2) is 11.5 Å². The molecule has 5 rings (SSSR count). The van der Waals surface area contributed by atoms with Crippen LogP contribution in [0.4, 0.5) is 21.9 Å². The van der Waals surface area contributed by atoms with Gasteiger partial charge in [-0.2, -0.15) is 0 Å². The Kier molecular flexibility index (Phi) is 9.86. The number of nitrogens with one attached hydrogen (secondary N) is 1. The van der Waals surface area contributed by atoms with E-state index in [-0.39, 0.29) is 24.0 Å². The molecule has 10 heteroatoms. The molecule has 2 atom stereocenters. The van der Waals surface area contributed by atoms with Crippen molar-refractivity contribution in [3.8, 4) is 17.2 Å². The van der Waals surface area contributed by atoms with Gasteiger partial charge in [-0.05, 0) is 79.1 Å². The minimum Gasteiger partial charge on any atom is -0.493 e. The number of rotatable bonds is 8. The molecule has 4 aromatic rings. The predicted molar refractivity (Wildman–Crippen MR) is 180 cm³/mol. The summed E-state index contributed by atoms with van der Waals surface area (Å²) in [5.74, 6) is 1.25. The summed E-state index contributed by atoms with van der Waals surface area (Å²) in [7, 11) is 4.63. The molecule has 4 aromatic carbocycles. The smallest absolute Gasteiger partial charge is 0.326 e. The molecule has 0 radical (unpaired) electrons. The zero-order valence-corrected chi connectivity index (χ0v) is 26.8. The van der Waals surface area contributed by atoms with Crippen LogP contribution in [0.2, 0.25) is 10.0 Å². The maximum absolute atomic E-state index is 14.0. The number of ether oxygens (including phenoxy) is 3. The number of anilines is 3. The van der Waals surface area contributed by atoms with Gasteiger partial charge in [-0.15, -0.1) is 0 Å². The number of para-hydroxylation sites is 2. The SMILES string of the molecule is COc1cc(/C=C/C(=O)N2c3ccccc3C(N(C(=O)Nc3ccc(Cl)c(Cl)c3)c3ccccc3)CC2C)cc(OC)c1OC. The first-order valence-electron chi connectivity index (χ1n) is 14.3. The zero-order chi connectivity index (χ0) is 32.1. The summed E-state index contributed by atoms with van der Waals surface area (Å²) in [6.45, 7) is 1.98. The first-order valence-corrected chi connectivity index (χ1v) is 15.0. The third-order valence-corrected chi connectivity index (χ3v) is 8.38. The topological polar surface area (TPSA) is 80.3 Å². The second-order valence-corrected chi connectivity index (χ2v) is 11.2. The Morgan fingerprint density at radius 2 is 1.53 bits per heavy atom. The average molecular weight is 647 g/mol. The van der Waals surface area contributed by atoms with Gasteiger partial charge in [-0.25, -0.2) is 4.79 Å². The molecule has 0 saturated heterocycles. The van der Waals surface area contributed by atoms with Gasteiger partial charge in [0.05, 0.1) is 37.4 Å². The average Bonchev–Trinajstić information content (AvgIpc) is 3.05. The molecule has 45 heavy (non-hydrogen) atoms. The van der Waals surface area contributed by atoms with Gasteiger partial charge in [0, 0.05) is 29.2 Å². The highest BCUT2D eigenvalue weighted by Crippen LogP contribution is 2.43. The van der Waals surface area contributed by atoms with Crippen molar-refractivity contribution in [3.05, 3.63) is 112 Å². The van der Waals surface area contributed by atoms with Crippen molar-refractivity contribution in [1.82, 2.24) is 0 Å². The highest BCUT2D eigenvalue weighted by Gasteiger charge is 2.38. The molecule has 0 aliphatic carbocycles. The van der Waals surface area contributed by atoms with Crippen LogP contribution in [0.5, 0.6) is 17.2 Å². The van der Waals surface area contributed by atoms with Gasteiger partial charge < -0.3 is 24.4 Å². The van der Waals surface area contributed by atoms with Crippen LogP contribution < -0.4 is 29.3 Å². The van der Waals surface area contributed by atoms with E-state index in [2.05, 4.69) is 5.32 Å². The lowest BCUT2D eigenvalue weighted by atomic mass is 9.90. The van der Waals surface area contributed by atoms with E-state index in [1.54, 1.807) is 60.4 Å². The van der Waals surface area contributed by atoms with Gasteiger partial charge in [-0.1, -0.05) is 59.6 Å². The summed E-state index contributed by atoms with van der Waals surface area (Å²) in [4.78, 5) is 31.3. The van der Waals surface area contributed by atoms with E-state index in [9.17, 15) is 9.59 Å². The van der Waals surface area contributed by atoms with Crippen molar-refractivity contribution in [2.24, 2.45) is 0 Å². The van der Waals surface area contributed by atoms with Gasteiger partial charge in [-0.3, -0.25) is 9.69 Å². The van der Waals surface area contributed by atoms with Crippen LogP contribution >= 0.6 is 23.2 Å². The maximum Gasteiger partial charge on any atom is 0.326 e. The van der Waals surface area contributed by atoms with E-state index in [0.29, 0.717) is 50.7 Å². The molecule has 8 nitrogen and oxygen atoms in total. The van der Waals surface area contributed by atoms with Gasteiger partial charge in [0.1, 0.15) is 0 Å². The highest BCUT2D eigenvalue weighted by molar-refractivity contribution is 6.42. The Hall–Kier alpha value is -4.66. The molecule has 0 bridgehead atoms. The molecule has 3 amide bonds. The largest absolute Gasteiger partial charge is 0.493 e. The first kappa shape index (κ1) is 31.8. The molecule has 1 heterocycles. The van der Waals surface area contributed by atoms with E-state index >= 15 is 0 Å². The number of methoxy groups -OCH3 is 3. The van der Waals surface area contributed by atoms with E-state index in [0.717, 1.165) is 11.3 Å². The van der Waals surface area contributed by atoms with Crippen LogP contribution in [-0.4, -0.2) is 39.3 Å². The third kappa shape index (κ3) is 6.72. The van der Waals surface area contributed by atoms with Crippen LogP contribution in [0.15, 0.2) is 91.0 Å². The molecule has 1 aliphatic heterocycles. The lowest BCUT2D eigenvalue weighted by molar-refractivity contribution is -0.114. The second-order valence-electron chi connectivity index (χ2n) is 10.4. The second kappa shape index (κ2) is 14.0. The monoisotopic (exact) mass is 645 g/mol. The molecule has 0 saturated carbocycles. The van der Waals surface area contributed by atoms with Gasteiger partial charge >= 0.3 is 6.03 Å². The Bertz CT molecular complexity index is 1700. The fourth-order valence-electron chi connectivity index (χ4n) is 5.59. The Morgan fingerprint density at radius 1 is 0.867 bits per heavy atom. The van der Waals surface area contributed by atoms with E-state index < -0.39 is 0 Å². The van der Waals surface area contributed by atoms with Crippen molar-refractivity contribution in [2.75, 3.05) is 36.4 Å². The standard InChI is InChI=1S/C35H33Cl2N3O5/c1-22-18-30(40(25-10-6-5-7-11-25)35(42)38-24-15-16-27(36)28(37)21-24)26-12-8-9-13-29(26)39(22)33(41)17-14-23-19-31(43-2)34(45-4)32(20-23)44-3/h5-17,19-22,30H,18H2,1-4H3,(H,38,42)/b17-14+. The number of halogens is 2. The summed E-state index contributed by atoms with van der Waals surface area (Å²) in [5.41, 5.74) is 3.51. The van der Waals surface area contributed by atoms with Crippen molar-refractivity contribution in [3.63, 3.8) is 0 Å². The predicted octanol–water partition coefficient (Wildman–Crippen LogP) is 8.64. The third-order valence-electron chi connectivity index (χ3n) is 7.64. The molecule has 1 aliphatic rings. The van der Waals surface area contributed by atoms with Crippen LogP contribution in [0.25, 0.3) is 6.08 Å². The molecule has 0 spiro atoms. The number of urea groups is 1. The maximum atomic E-state index is 14.0. The lowest BCUT2D eigenvalue weighted by Crippen LogP contribution is -2.48. The summed E-state index contributed by atoms with van der Waals surface area (Å²) in [6, 6.07) is 24.7.